The molecular weight excluding hydrogens is 260 g/mol. The maximum atomic E-state index is 11.3. The van der Waals surface area contributed by atoms with Crippen molar-refractivity contribution in [3.63, 3.8) is 0 Å². The van der Waals surface area contributed by atoms with Gasteiger partial charge in [0, 0.05) is 23.2 Å². The van der Waals surface area contributed by atoms with Crippen molar-refractivity contribution in [1.82, 2.24) is 9.97 Å². The molecule has 106 valence electrons. The number of aromatic amines is 1. The Morgan fingerprint density at radius 1 is 1.05 bits per heavy atom. The van der Waals surface area contributed by atoms with Gasteiger partial charge in [0.05, 0.1) is 0 Å². The molecule has 1 aromatic carbocycles. The van der Waals surface area contributed by atoms with Crippen molar-refractivity contribution in [1.29, 1.82) is 0 Å². The number of fused-ring (bicyclic) bond motifs is 1. The Morgan fingerprint density at radius 3 is 2.62 bits per heavy atom. The Kier molecular flexibility index (Phi) is 3.82. The van der Waals surface area contributed by atoms with Crippen LogP contribution in [0.3, 0.4) is 0 Å². The summed E-state index contributed by atoms with van der Waals surface area (Å²) in [6.07, 6.45) is 5.38. The summed E-state index contributed by atoms with van der Waals surface area (Å²) in [7, 11) is 0. The summed E-state index contributed by atoms with van der Waals surface area (Å²) in [6.45, 7) is 2.21. The summed E-state index contributed by atoms with van der Waals surface area (Å²) < 4.78 is 0. The Morgan fingerprint density at radius 2 is 1.86 bits per heavy atom. The zero-order valence-electron chi connectivity index (χ0n) is 12.1. The van der Waals surface area contributed by atoms with Crippen molar-refractivity contribution in [3.05, 3.63) is 64.6 Å². The molecule has 3 rings (SSSR count). The van der Waals surface area contributed by atoms with Gasteiger partial charge < -0.3 is 4.98 Å². The lowest BCUT2D eigenvalue weighted by Gasteiger charge is -2.05. The van der Waals surface area contributed by atoms with Gasteiger partial charge in [-0.3, -0.25) is 4.79 Å². The Bertz CT molecular complexity index is 803. The van der Waals surface area contributed by atoms with Crippen LogP contribution < -0.4 is 5.56 Å². The Labute approximate surface area is 123 Å². The number of benzene rings is 1. The number of aromatic nitrogens is 2. The molecule has 21 heavy (non-hydrogen) atoms. The quantitative estimate of drug-likeness (QED) is 0.786. The third-order valence-corrected chi connectivity index (χ3v) is 3.68. The number of unbranched alkanes of at least 4 members (excludes halogenated alkanes) is 1. The minimum atomic E-state index is -0.122. The van der Waals surface area contributed by atoms with E-state index in [1.165, 1.54) is 24.5 Å². The normalized spacial score (nSPS) is 10.9. The van der Waals surface area contributed by atoms with E-state index in [0.717, 1.165) is 22.9 Å². The number of H-pyrrole nitrogens is 1. The van der Waals surface area contributed by atoms with Gasteiger partial charge in [0.25, 0.3) is 0 Å². The SMILES string of the molecule is CCCCc1ccc(-c2cnc3[nH]c(=O)ccc3c2)cc1. The lowest BCUT2D eigenvalue weighted by molar-refractivity contribution is 0.795. The van der Waals surface area contributed by atoms with Gasteiger partial charge in [-0.15, -0.1) is 0 Å². The van der Waals surface area contributed by atoms with Crippen molar-refractivity contribution in [2.45, 2.75) is 26.2 Å². The number of aryl methyl sites for hydroxylation is 1. The predicted octanol–water partition coefficient (Wildman–Crippen LogP) is 3.93. The van der Waals surface area contributed by atoms with Gasteiger partial charge >= 0.3 is 0 Å². The molecule has 0 radical (unpaired) electrons. The van der Waals surface area contributed by atoms with Gasteiger partial charge in [-0.1, -0.05) is 37.6 Å². The molecule has 2 aromatic heterocycles. The Hall–Kier alpha value is -2.42. The number of nitrogens with one attached hydrogen (secondary N) is 1. The number of pyridine rings is 2. The first-order valence-corrected chi connectivity index (χ1v) is 7.34. The second-order valence-electron chi connectivity index (χ2n) is 5.28. The zero-order chi connectivity index (χ0) is 14.7. The van der Waals surface area contributed by atoms with Crippen LogP contribution >= 0.6 is 0 Å². The van der Waals surface area contributed by atoms with Crippen LogP contribution in [0.1, 0.15) is 25.3 Å². The average molecular weight is 278 g/mol. The molecular formula is C18H18N2O. The smallest absolute Gasteiger partial charge is 0.249 e. The third kappa shape index (κ3) is 3.02. The van der Waals surface area contributed by atoms with E-state index in [0.29, 0.717) is 5.65 Å². The molecule has 0 amide bonds. The highest BCUT2D eigenvalue weighted by Gasteiger charge is 2.02. The lowest BCUT2D eigenvalue weighted by Crippen LogP contribution is -2.03. The molecule has 0 aliphatic heterocycles. The van der Waals surface area contributed by atoms with Crippen LogP contribution in [-0.2, 0) is 6.42 Å². The average Bonchev–Trinajstić information content (AvgIpc) is 2.53. The molecule has 0 saturated heterocycles. The van der Waals surface area contributed by atoms with Gasteiger partial charge in [-0.05, 0) is 36.1 Å². The minimum Gasteiger partial charge on any atom is -0.307 e. The first kappa shape index (κ1) is 13.6. The number of rotatable bonds is 4. The molecule has 0 saturated carbocycles. The van der Waals surface area contributed by atoms with Crippen molar-refractivity contribution in [2.75, 3.05) is 0 Å². The fraction of sp³-hybridized carbons (Fsp3) is 0.222. The topological polar surface area (TPSA) is 45.8 Å². The third-order valence-electron chi connectivity index (χ3n) is 3.68. The molecule has 0 spiro atoms. The van der Waals surface area contributed by atoms with Crippen LogP contribution in [0, 0.1) is 0 Å². The molecule has 0 atom stereocenters. The summed E-state index contributed by atoms with van der Waals surface area (Å²) in [6, 6.07) is 14.0. The van der Waals surface area contributed by atoms with Gasteiger partial charge in [0.15, 0.2) is 0 Å². The number of nitrogens with zero attached hydrogens (tertiary/aromatic N) is 1. The highest BCUT2D eigenvalue weighted by atomic mass is 16.1. The van der Waals surface area contributed by atoms with Crippen molar-refractivity contribution in [3.8, 4) is 11.1 Å². The molecule has 3 aromatic rings. The second kappa shape index (κ2) is 5.92. The molecule has 1 N–H and O–H groups in total. The van der Waals surface area contributed by atoms with E-state index in [1.54, 1.807) is 12.3 Å². The van der Waals surface area contributed by atoms with Gasteiger partial charge in [-0.2, -0.15) is 0 Å². The predicted molar refractivity (Wildman–Crippen MR) is 86.4 cm³/mol. The second-order valence-corrected chi connectivity index (χ2v) is 5.28. The summed E-state index contributed by atoms with van der Waals surface area (Å²) >= 11 is 0. The van der Waals surface area contributed by atoms with Crippen LogP contribution in [0.25, 0.3) is 22.2 Å². The van der Waals surface area contributed by atoms with E-state index in [2.05, 4.69) is 47.2 Å². The maximum absolute atomic E-state index is 11.3. The standard InChI is InChI=1S/C18H18N2O/c1-2-3-4-13-5-7-14(8-6-13)16-11-15-9-10-17(21)20-18(15)19-12-16/h5-12H,2-4H2,1H3,(H,19,20,21). The fourth-order valence-corrected chi connectivity index (χ4v) is 2.44. The van der Waals surface area contributed by atoms with Crippen LogP contribution in [0.15, 0.2) is 53.5 Å². The molecule has 0 unspecified atom stereocenters. The van der Waals surface area contributed by atoms with Crippen LogP contribution in [-0.4, -0.2) is 9.97 Å². The van der Waals surface area contributed by atoms with E-state index in [1.807, 2.05) is 0 Å². The first-order chi connectivity index (χ1) is 10.3. The van der Waals surface area contributed by atoms with E-state index in [4.69, 9.17) is 0 Å². The largest absolute Gasteiger partial charge is 0.307 e. The van der Waals surface area contributed by atoms with Gasteiger partial charge in [-0.25, -0.2) is 4.98 Å². The number of hydrogen-bond acceptors (Lipinski definition) is 2. The minimum absolute atomic E-state index is 0.122. The maximum Gasteiger partial charge on any atom is 0.249 e. The lowest BCUT2D eigenvalue weighted by atomic mass is 10.0. The van der Waals surface area contributed by atoms with E-state index in [-0.39, 0.29) is 5.56 Å². The highest BCUT2D eigenvalue weighted by molar-refractivity contribution is 5.80. The molecule has 3 heteroatoms. The zero-order valence-corrected chi connectivity index (χ0v) is 12.1. The molecule has 0 aliphatic carbocycles. The molecule has 0 bridgehead atoms. The summed E-state index contributed by atoms with van der Waals surface area (Å²) in [5.74, 6) is 0. The van der Waals surface area contributed by atoms with Gasteiger partial charge in [0.1, 0.15) is 5.65 Å². The molecule has 0 fully saturated rings. The van der Waals surface area contributed by atoms with Crippen molar-refractivity contribution < 1.29 is 0 Å². The van der Waals surface area contributed by atoms with Crippen LogP contribution in [0.5, 0.6) is 0 Å². The van der Waals surface area contributed by atoms with E-state index < -0.39 is 0 Å². The summed E-state index contributed by atoms with van der Waals surface area (Å²) in [5, 5.41) is 0.946. The Balaban J connectivity index is 1.92. The molecule has 3 nitrogen and oxygen atoms in total. The van der Waals surface area contributed by atoms with Gasteiger partial charge in [0.2, 0.25) is 5.56 Å². The highest BCUT2D eigenvalue weighted by Crippen LogP contribution is 2.22. The number of hydrogen-bond donors (Lipinski definition) is 1. The van der Waals surface area contributed by atoms with E-state index in [9.17, 15) is 4.79 Å². The monoisotopic (exact) mass is 278 g/mol. The van der Waals surface area contributed by atoms with Crippen molar-refractivity contribution in [2.24, 2.45) is 0 Å². The van der Waals surface area contributed by atoms with E-state index >= 15 is 0 Å². The molecule has 2 heterocycles. The fourth-order valence-electron chi connectivity index (χ4n) is 2.44. The summed E-state index contributed by atoms with van der Waals surface area (Å²) in [4.78, 5) is 18.3. The molecule has 0 aliphatic rings. The summed E-state index contributed by atoms with van der Waals surface area (Å²) in [5.41, 5.74) is 4.10. The van der Waals surface area contributed by atoms with Crippen LogP contribution in [0.2, 0.25) is 0 Å². The van der Waals surface area contributed by atoms with Crippen LogP contribution in [0.4, 0.5) is 0 Å². The van der Waals surface area contributed by atoms with Crippen molar-refractivity contribution >= 4 is 11.0 Å². The first-order valence-electron chi connectivity index (χ1n) is 7.34.